The molecule has 1 aromatic carbocycles. The Bertz CT molecular complexity index is 543. The van der Waals surface area contributed by atoms with Crippen LogP contribution in [0.25, 0.3) is 0 Å². The van der Waals surface area contributed by atoms with Gasteiger partial charge < -0.3 is 15.1 Å². The van der Waals surface area contributed by atoms with Crippen LogP contribution >= 0.6 is 0 Å². The molecule has 0 atom stereocenters. The van der Waals surface area contributed by atoms with Crippen LogP contribution in [0.4, 0.5) is 10.1 Å². The summed E-state index contributed by atoms with van der Waals surface area (Å²) in [6.45, 7) is 5.74. The van der Waals surface area contributed by atoms with Crippen molar-refractivity contribution in [2.75, 3.05) is 45.1 Å². The van der Waals surface area contributed by atoms with Crippen molar-refractivity contribution in [3.63, 3.8) is 0 Å². The van der Waals surface area contributed by atoms with E-state index in [0.717, 1.165) is 44.2 Å². The summed E-state index contributed by atoms with van der Waals surface area (Å²) < 4.78 is 13.7. The third-order valence-corrected chi connectivity index (χ3v) is 6.13. The summed E-state index contributed by atoms with van der Waals surface area (Å²) in [7, 11) is 2.22. The summed E-state index contributed by atoms with van der Waals surface area (Å²) in [5, 5.41) is 3.50. The Labute approximate surface area is 132 Å². The number of halogens is 1. The van der Waals surface area contributed by atoms with E-state index >= 15 is 0 Å². The van der Waals surface area contributed by atoms with Crippen molar-refractivity contribution in [3.05, 3.63) is 29.6 Å². The first-order valence-electron chi connectivity index (χ1n) is 8.63. The summed E-state index contributed by atoms with van der Waals surface area (Å²) in [6.07, 6.45) is 4.91. The lowest BCUT2D eigenvalue weighted by molar-refractivity contribution is 0.0791. The van der Waals surface area contributed by atoms with Gasteiger partial charge in [0.05, 0.1) is 0 Å². The number of nitrogens with one attached hydrogen (secondary N) is 1. The molecule has 0 saturated carbocycles. The summed E-state index contributed by atoms with van der Waals surface area (Å²) in [5.74, 6) is -0.0976. The van der Waals surface area contributed by atoms with Crippen molar-refractivity contribution >= 4 is 5.69 Å². The van der Waals surface area contributed by atoms with Crippen LogP contribution in [0.2, 0.25) is 0 Å². The van der Waals surface area contributed by atoms with Gasteiger partial charge in [0.1, 0.15) is 5.82 Å². The molecule has 0 aliphatic carbocycles. The number of benzene rings is 1. The summed E-state index contributed by atoms with van der Waals surface area (Å²) in [5.41, 5.74) is 2.53. The SMILES string of the molecule is CN1CCC(N2CCC3(CC2)CNc2ccc(F)cc23)CC1. The Morgan fingerprint density at radius 2 is 1.86 bits per heavy atom. The molecule has 4 rings (SSSR count). The number of hydrogen-bond acceptors (Lipinski definition) is 3. The lowest BCUT2D eigenvalue weighted by atomic mass is 9.74. The standard InChI is InChI=1S/C18H26FN3/c1-21-8-4-15(5-9-21)22-10-6-18(7-11-22)13-20-17-3-2-14(19)12-16(17)18/h2-3,12,15,20H,4-11,13H2,1H3. The molecule has 4 heteroatoms. The molecule has 3 aliphatic rings. The molecule has 2 saturated heterocycles. The Hall–Kier alpha value is -1.13. The highest BCUT2D eigenvalue weighted by Crippen LogP contribution is 2.44. The lowest BCUT2D eigenvalue weighted by Crippen LogP contribution is -2.50. The van der Waals surface area contributed by atoms with E-state index in [-0.39, 0.29) is 11.2 Å². The zero-order valence-electron chi connectivity index (χ0n) is 13.4. The Kier molecular flexibility index (Phi) is 3.61. The molecule has 0 unspecified atom stereocenters. The van der Waals surface area contributed by atoms with Gasteiger partial charge in [0.25, 0.3) is 0 Å². The highest BCUT2D eigenvalue weighted by molar-refractivity contribution is 5.60. The van der Waals surface area contributed by atoms with Gasteiger partial charge >= 0.3 is 0 Å². The van der Waals surface area contributed by atoms with E-state index in [2.05, 4.69) is 22.2 Å². The third kappa shape index (κ3) is 2.42. The monoisotopic (exact) mass is 303 g/mol. The van der Waals surface area contributed by atoms with Crippen LogP contribution in [0.15, 0.2) is 18.2 Å². The number of rotatable bonds is 1. The second-order valence-electron chi connectivity index (χ2n) is 7.39. The fourth-order valence-corrected chi connectivity index (χ4v) is 4.59. The van der Waals surface area contributed by atoms with Crippen LogP contribution in [0, 0.1) is 5.82 Å². The quantitative estimate of drug-likeness (QED) is 0.860. The van der Waals surface area contributed by atoms with Crippen molar-refractivity contribution in [2.24, 2.45) is 0 Å². The maximum Gasteiger partial charge on any atom is 0.123 e. The topological polar surface area (TPSA) is 18.5 Å². The average molecular weight is 303 g/mol. The zero-order valence-corrected chi connectivity index (χ0v) is 13.4. The van der Waals surface area contributed by atoms with E-state index in [9.17, 15) is 4.39 Å². The zero-order chi connectivity index (χ0) is 15.2. The Morgan fingerprint density at radius 3 is 2.59 bits per heavy atom. The van der Waals surface area contributed by atoms with Crippen molar-refractivity contribution in [3.8, 4) is 0 Å². The first-order valence-corrected chi connectivity index (χ1v) is 8.63. The van der Waals surface area contributed by atoms with Crippen molar-refractivity contribution in [2.45, 2.75) is 37.1 Å². The van der Waals surface area contributed by atoms with Crippen molar-refractivity contribution in [1.82, 2.24) is 9.80 Å². The van der Waals surface area contributed by atoms with E-state index in [1.165, 1.54) is 31.5 Å². The van der Waals surface area contributed by atoms with Gasteiger partial charge in [0, 0.05) is 23.7 Å². The second-order valence-corrected chi connectivity index (χ2v) is 7.39. The predicted octanol–water partition coefficient (Wildman–Crippen LogP) is 2.68. The molecule has 22 heavy (non-hydrogen) atoms. The van der Waals surface area contributed by atoms with Crippen LogP contribution < -0.4 is 5.32 Å². The van der Waals surface area contributed by atoms with E-state index in [4.69, 9.17) is 0 Å². The summed E-state index contributed by atoms with van der Waals surface area (Å²) in [4.78, 5) is 5.12. The number of anilines is 1. The van der Waals surface area contributed by atoms with Crippen molar-refractivity contribution in [1.29, 1.82) is 0 Å². The molecule has 0 bridgehead atoms. The van der Waals surface area contributed by atoms with E-state index < -0.39 is 0 Å². The molecule has 3 aliphatic heterocycles. The van der Waals surface area contributed by atoms with Crippen LogP contribution in [0.1, 0.15) is 31.2 Å². The first kappa shape index (κ1) is 14.5. The van der Waals surface area contributed by atoms with Gasteiger partial charge in [-0.2, -0.15) is 0 Å². The smallest absolute Gasteiger partial charge is 0.123 e. The number of fused-ring (bicyclic) bond motifs is 2. The van der Waals surface area contributed by atoms with Crippen LogP contribution in [-0.2, 0) is 5.41 Å². The molecule has 1 spiro atoms. The molecular weight excluding hydrogens is 277 g/mol. The van der Waals surface area contributed by atoms with E-state index in [1.807, 2.05) is 6.07 Å². The van der Waals surface area contributed by atoms with Gasteiger partial charge in [0.15, 0.2) is 0 Å². The lowest BCUT2D eigenvalue weighted by Gasteiger charge is -2.44. The van der Waals surface area contributed by atoms with Crippen molar-refractivity contribution < 1.29 is 4.39 Å². The number of piperidine rings is 2. The molecule has 1 aromatic rings. The predicted molar refractivity (Wildman–Crippen MR) is 87.9 cm³/mol. The normalized spacial score (nSPS) is 26.1. The summed E-state index contributed by atoms with van der Waals surface area (Å²) in [6, 6.07) is 6.00. The number of nitrogens with zero attached hydrogens (tertiary/aromatic N) is 2. The Balaban J connectivity index is 1.46. The average Bonchev–Trinajstić information content (AvgIpc) is 2.87. The van der Waals surface area contributed by atoms with Gasteiger partial charge in [-0.1, -0.05) is 0 Å². The minimum absolute atomic E-state index is 0.0976. The second kappa shape index (κ2) is 5.50. The van der Waals surface area contributed by atoms with Crippen LogP contribution in [0.5, 0.6) is 0 Å². The minimum Gasteiger partial charge on any atom is -0.384 e. The highest BCUT2D eigenvalue weighted by atomic mass is 19.1. The molecule has 2 fully saturated rings. The molecule has 0 amide bonds. The van der Waals surface area contributed by atoms with E-state index in [1.54, 1.807) is 12.1 Å². The first-order chi connectivity index (χ1) is 10.7. The molecule has 0 radical (unpaired) electrons. The molecule has 3 heterocycles. The minimum atomic E-state index is -0.0976. The fraction of sp³-hybridized carbons (Fsp3) is 0.667. The highest BCUT2D eigenvalue weighted by Gasteiger charge is 2.42. The van der Waals surface area contributed by atoms with Gasteiger partial charge in [-0.15, -0.1) is 0 Å². The number of likely N-dealkylation sites (tertiary alicyclic amines) is 2. The fourth-order valence-electron chi connectivity index (χ4n) is 4.59. The summed E-state index contributed by atoms with van der Waals surface area (Å²) >= 11 is 0. The van der Waals surface area contributed by atoms with Gasteiger partial charge in [-0.3, -0.25) is 0 Å². The number of hydrogen-bond donors (Lipinski definition) is 1. The molecule has 3 nitrogen and oxygen atoms in total. The Morgan fingerprint density at radius 1 is 1.14 bits per heavy atom. The maximum atomic E-state index is 13.7. The van der Waals surface area contributed by atoms with E-state index in [0.29, 0.717) is 0 Å². The molecule has 1 N–H and O–H groups in total. The molecular formula is C18H26FN3. The molecule has 120 valence electrons. The molecule has 0 aromatic heterocycles. The van der Waals surface area contributed by atoms with Gasteiger partial charge in [0.2, 0.25) is 0 Å². The largest absolute Gasteiger partial charge is 0.384 e. The van der Waals surface area contributed by atoms with Crippen LogP contribution in [-0.4, -0.2) is 55.6 Å². The maximum absolute atomic E-state index is 13.7. The third-order valence-electron chi connectivity index (χ3n) is 6.13. The van der Waals surface area contributed by atoms with Gasteiger partial charge in [-0.05, 0) is 82.7 Å². The van der Waals surface area contributed by atoms with Gasteiger partial charge in [-0.25, -0.2) is 4.39 Å². The van der Waals surface area contributed by atoms with Crippen LogP contribution in [0.3, 0.4) is 0 Å².